The summed E-state index contributed by atoms with van der Waals surface area (Å²) in [6.07, 6.45) is 4.10. The number of aromatic amines is 1. The molecule has 3 aromatic rings. The average molecular weight is 390 g/mol. The number of nitrogens with one attached hydrogen (secondary N) is 2. The number of carbonyl (C=O) groups excluding carboxylic acids is 1. The molecule has 150 valence electrons. The van der Waals surface area contributed by atoms with Crippen molar-refractivity contribution in [1.29, 1.82) is 0 Å². The molecule has 2 N–H and O–H groups in total. The minimum atomic E-state index is -0.0424. The molecule has 1 aromatic heterocycles. The summed E-state index contributed by atoms with van der Waals surface area (Å²) in [5.74, 6) is 0.558. The fraction of sp³-hybridized carbons (Fsp3) is 0.364. The van der Waals surface area contributed by atoms with Crippen LogP contribution in [0.25, 0.3) is 11.4 Å². The number of benzene rings is 2. The molecule has 1 unspecified atom stereocenters. The van der Waals surface area contributed by atoms with E-state index in [0.29, 0.717) is 12.2 Å². The van der Waals surface area contributed by atoms with Crippen molar-refractivity contribution in [2.45, 2.75) is 38.6 Å². The normalized spacial score (nSPS) is 15.1. The first-order chi connectivity index (χ1) is 14.2. The van der Waals surface area contributed by atoms with Crippen molar-refractivity contribution in [3.63, 3.8) is 0 Å². The van der Waals surface area contributed by atoms with E-state index in [0.717, 1.165) is 24.2 Å². The van der Waals surface area contributed by atoms with Gasteiger partial charge in [-0.1, -0.05) is 42.5 Å². The van der Waals surface area contributed by atoms with Crippen LogP contribution in [0.1, 0.15) is 43.4 Å². The summed E-state index contributed by atoms with van der Waals surface area (Å²) in [4.78, 5) is 15.1. The molecule has 1 saturated heterocycles. The van der Waals surface area contributed by atoms with E-state index in [1.54, 1.807) is 0 Å². The van der Waals surface area contributed by atoms with Crippen molar-refractivity contribution >= 4 is 11.6 Å². The largest absolute Gasteiger partial charge is 0.371 e. The molecule has 0 spiro atoms. The molecular formula is C22H26N6O. The summed E-state index contributed by atoms with van der Waals surface area (Å²) in [6, 6.07) is 16.0. The number of tetrazole rings is 1. The first kappa shape index (κ1) is 19.1. The zero-order chi connectivity index (χ0) is 20.1. The number of piperidine rings is 1. The molecule has 7 nitrogen and oxygen atoms in total. The molecule has 0 aliphatic carbocycles. The lowest BCUT2D eigenvalue weighted by atomic mass is 10.0. The minimum Gasteiger partial charge on any atom is -0.371 e. The molecular weight excluding hydrogens is 364 g/mol. The lowest BCUT2D eigenvalue weighted by molar-refractivity contribution is -0.121. The van der Waals surface area contributed by atoms with Crippen LogP contribution < -0.4 is 10.2 Å². The fourth-order valence-electron chi connectivity index (χ4n) is 3.89. The van der Waals surface area contributed by atoms with Gasteiger partial charge < -0.3 is 10.2 Å². The summed E-state index contributed by atoms with van der Waals surface area (Å²) >= 11 is 0. The van der Waals surface area contributed by atoms with Crippen LogP contribution in [-0.4, -0.2) is 39.6 Å². The second kappa shape index (κ2) is 8.86. The van der Waals surface area contributed by atoms with E-state index >= 15 is 0 Å². The van der Waals surface area contributed by atoms with Gasteiger partial charge in [0.05, 0.1) is 12.5 Å². The number of H-pyrrole nitrogens is 1. The second-order valence-corrected chi connectivity index (χ2v) is 7.50. The third-order valence-corrected chi connectivity index (χ3v) is 5.40. The van der Waals surface area contributed by atoms with Crippen LogP contribution in [0.15, 0.2) is 48.5 Å². The number of para-hydroxylation sites is 1. The van der Waals surface area contributed by atoms with Gasteiger partial charge >= 0.3 is 0 Å². The number of amides is 1. The Morgan fingerprint density at radius 1 is 1.10 bits per heavy atom. The van der Waals surface area contributed by atoms with E-state index in [2.05, 4.69) is 56.0 Å². The molecule has 1 aliphatic rings. The Morgan fingerprint density at radius 3 is 2.59 bits per heavy atom. The smallest absolute Gasteiger partial charge is 0.224 e. The molecule has 1 aliphatic heterocycles. The van der Waals surface area contributed by atoms with Crippen LogP contribution in [0.2, 0.25) is 0 Å². The quantitative estimate of drug-likeness (QED) is 0.674. The van der Waals surface area contributed by atoms with Gasteiger partial charge in [0.2, 0.25) is 11.7 Å². The molecule has 0 radical (unpaired) electrons. The summed E-state index contributed by atoms with van der Waals surface area (Å²) < 4.78 is 0. The molecule has 0 saturated carbocycles. The van der Waals surface area contributed by atoms with Crippen molar-refractivity contribution in [2.75, 3.05) is 18.0 Å². The maximum absolute atomic E-state index is 12.6. The van der Waals surface area contributed by atoms with Crippen molar-refractivity contribution in [3.05, 3.63) is 59.7 Å². The van der Waals surface area contributed by atoms with Crippen LogP contribution in [0.5, 0.6) is 0 Å². The van der Waals surface area contributed by atoms with E-state index in [9.17, 15) is 4.79 Å². The number of aromatic nitrogens is 4. The SMILES string of the molecule is CC(NC(=O)Cc1ccc(-c2nn[nH]n2)cc1)c1ccccc1N1CCCCC1. The summed E-state index contributed by atoms with van der Waals surface area (Å²) in [5, 5.41) is 17.1. The number of hydrogen-bond donors (Lipinski definition) is 2. The first-order valence-electron chi connectivity index (χ1n) is 10.2. The molecule has 0 bridgehead atoms. The Morgan fingerprint density at radius 2 is 1.86 bits per heavy atom. The van der Waals surface area contributed by atoms with Crippen LogP contribution in [-0.2, 0) is 11.2 Å². The monoisotopic (exact) mass is 390 g/mol. The highest BCUT2D eigenvalue weighted by atomic mass is 16.1. The van der Waals surface area contributed by atoms with E-state index < -0.39 is 0 Å². The zero-order valence-corrected chi connectivity index (χ0v) is 16.6. The third-order valence-electron chi connectivity index (χ3n) is 5.40. The van der Waals surface area contributed by atoms with Gasteiger partial charge in [-0.3, -0.25) is 4.79 Å². The van der Waals surface area contributed by atoms with Crippen LogP contribution >= 0.6 is 0 Å². The topological polar surface area (TPSA) is 86.8 Å². The van der Waals surface area contributed by atoms with Crippen molar-refractivity contribution in [3.8, 4) is 11.4 Å². The lowest BCUT2D eigenvalue weighted by Crippen LogP contribution is -2.33. The predicted molar refractivity (Wildman–Crippen MR) is 112 cm³/mol. The van der Waals surface area contributed by atoms with Gasteiger partial charge in [0.1, 0.15) is 0 Å². The summed E-state index contributed by atoms with van der Waals surface area (Å²) in [5.41, 5.74) is 4.23. The Labute approximate surface area is 170 Å². The fourth-order valence-corrected chi connectivity index (χ4v) is 3.89. The van der Waals surface area contributed by atoms with Gasteiger partial charge in [0.15, 0.2) is 0 Å². The predicted octanol–water partition coefficient (Wildman–Crippen LogP) is 3.28. The average Bonchev–Trinajstić information content (AvgIpc) is 3.30. The number of anilines is 1. The van der Waals surface area contributed by atoms with Gasteiger partial charge in [-0.25, -0.2) is 0 Å². The highest BCUT2D eigenvalue weighted by Crippen LogP contribution is 2.28. The highest BCUT2D eigenvalue weighted by Gasteiger charge is 2.18. The first-order valence-corrected chi connectivity index (χ1v) is 10.2. The van der Waals surface area contributed by atoms with E-state index in [4.69, 9.17) is 0 Å². The highest BCUT2D eigenvalue weighted by molar-refractivity contribution is 5.79. The van der Waals surface area contributed by atoms with Gasteiger partial charge in [-0.15, -0.1) is 10.2 Å². The Kier molecular flexibility index (Phi) is 5.84. The molecule has 1 amide bonds. The van der Waals surface area contributed by atoms with Crippen LogP contribution in [0, 0.1) is 0 Å². The minimum absolute atomic E-state index is 0.0123. The summed E-state index contributed by atoms with van der Waals surface area (Å²) in [6.45, 7) is 4.23. The molecule has 4 rings (SSSR count). The molecule has 7 heteroatoms. The molecule has 1 fully saturated rings. The molecule has 29 heavy (non-hydrogen) atoms. The number of rotatable bonds is 6. The van der Waals surface area contributed by atoms with E-state index in [-0.39, 0.29) is 11.9 Å². The van der Waals surface area contributed by atoms with Gasteiger partial charge in [-0.05, 0) is 48.6 Å². The third kappa shape index (κ3) is 4.62. The number of hydrogen-bond acceptors (Lipinski definition) is 5. The second-order valence-electron chi connectivity index (χ2n) is 7.50. The van der Waals surface area contributed by atoms with Crippen molar-refractivity contribution < 1.29 is 4.79 Å². The number of nitrogens with zero attached hydrogens (tertiary/aromatic N) is 4. The van der Waals surface area contributed by atoms with Gasteiger partial charge in [0.25, 0.3) is 0 Å². The van der Waals surface area contributed by atoms with Gasteiger partial charge in [0, 0.05) is 24.3 Å². The lowest BCUT2D eigenvalue weighted by Gasteiger charge is -2.32. The van der Waals surface area contributed by atoms with E-state index in [1.165, 1.54) is 30.5 Å². The molecule has 1 atom stereocenters. The van der Waals surface area contributed by atoms with Crippen molar-refractivity contribution in [1.82, 2.24) is 25.9 Å². The molecule has 2 heterocycles. The Bertz CT molecular complexity index is 932. The van der Waals surface area contributed by atoms with Gasteiger partial charge in [-0.2, -0.15) is 5.21 Å². The molecule has 2 aromatic carbocycles. The van der Waals surface area contributed by atoms with Crippen molar-refractivity contribution in [2.24, 2.45) is 0 Å². The van der Waals surface area contributed by atoms with E-state index in [1.807, 2.05) is 30.3 Å². The Balaban J connectivity index is 1.40. The maximum atomic E-state index is 12.6. The Hall–Kier alpha value is -3.22. The zero-order valence-electron chi connectivity index (χ0n) is 16.6. The maximum Gasteiger partial charge on any atom is 0.224 e. The van der Waals surface area contributed by atoms with Crippen LogP contribution in [0.4, 0.5) is 5.69 Å². The number of carbonyl (C=O) groups is 1. The summed E-state index contributed by atoms with van der Waals surface area (Å²) in [7, 11) is 0. The standard InChI is InChI=1S/C22H26N6O/c1-16(19-7-3-4-8-20(19)28-13-5-2-6-14-28)23-21(29)15-17-9-11-18(12-10-17)22-24-26-27-25-22/h3-4,7-12,16H,2,5-6,13-15H2,1H3,(H,23,29)(H,24,25,26,27). The van der Waals surface area contributed by atoms with Crippen LogP contribution in [0.3, 0.4) is 0 Å².